The highest BCUT2D eigenvalue weighted by Gasteiger charge is 2.23. The van der Waals surface area contributed by atoms with Crippen molar-refractivity contribution < 1.29 is 18.5 Å². The van der Waals surface area contributed by atoms with Gasteiger partial charge in [0.2, 0.25) is 0 Å². The van der Waals surface area contributed by atoms with Gasteiger partial charge in [0.15, 0.2) is 5.78 Å². The van der Waals surface area contributed by atoms with Crippen LogP contribution < -0.4 is 0 Å². The number of nitro benzene ring substituents is 1. The van der Waals surface area contributed by atoms with Crippen molar-refractivity contribution in [2.24, 2.45) is 0 Å². The number of hydrogen-bond donors (Lipinski definition) is 0. The van der Waals surface area contributed by atoms with E-state index in [-0.39, 0.29) is 23.1 Å². The third kappa shape index (κ3) is 2.64. The molecule has 17 heavy (non-hydrogen) atoms. The second kappa shape index (κ2) is 4.99. The second-order valence-electron chi connectivity index (χ2n) is 3.54. The van der Waals surface area contributed by atoms with Gasteiger partial charge in [-0.05, 0) is 25.0 Å². The molecule has 0 saturated heterocycles. The van der Waals surface area contributed by atoms with Gasteiger partial charge in [-0.25, -0.2) is 8.78 Å². The average molecular weight is 243 g/mol. The summed E-state index contributed by atoms with van der Waals surface area (Å²) in [4.78, 5) is 21.1. The van der Waals surface area contributed by atoms with Gasteiger partial charge in [0, 0.05) is 11.6 Å². The number of carbonyl (C=O) groups is 1. The SMILES string of the molecule is CCc1cc(C(C)=O)c([N+](=O)[O-])cc1C(F)F. The number of hydrogen-bond acceptors (Lipinski definition) is 3. The van der Waals surface area contributed by atoms with Crippen LogP contribution in [0.5, 0.6) is 0 Å². The van der Waals surface area contributed by atoms with Gasteiger partial charge in [0.05, 0.1) is 10.5 Å². The Morgan fingerprint density at radius 2 is 2.06 bits per heavy atom. The van der Waals surface area contributed by atoms with Crippen LogP contribution >= 0.6 is 0 Å². The van der Waals surface area contributed by atoms with Crippen LogP contribution in [0, 0.1) is 10.1 Å². The van der Waals surface area contributed by atoms with Crippen molar-refractivity contribution in [1.29, 1.82) is 0 Å². The number of nitrogens with zero attached hydrogens (tertiary/aromatic N) is 1. The minimum atomic E-state index is -2.79. The fourth-order valence-corrected chi connectivity index (χ4v) is 1.59. The molecule has 0 aliphatic carbocycles. The molecule has 0 saturated carbocycles. The molecule has 1 aromatic carbocycles. The van der Waals surface area contributed by atoms with Gasteiger partial charge in [0.25, 0.3) is 12.1 Å². The molecule has 0 heterocycles. The number of Topliss-reactive ketones (excluding diaryl/α,β-unsaturated/α-hetero) is 1. The molecule has 92 valence electrons. The highest BCUT2D eigenvalue weighted by molar-refractivity contribution is 5.98. The summed E-state index contributed by atoms with van der Waals surface area (Å²) in [6, 6.07) is 1.97. The van der Waals surface area contributed by atoms with E-state index in [1.54, 1.807) is 6.92 Å². The first kappa shape index (κ1) is 13.2. The predicted molar refractivity (Wildman–Crippen MR) is 57.4 cm³/mol. The number of carbonyl (C=O) groups excluding carboxylic acids is 1. The molecule has 6 heteroatoms. The van der Waals surface area contributed by atoms with Gasteiger partial charge < -0.3 is 0 Å². The quantitative estimate of drug-likeness (QED) is 0.463. The molecule has 1 aromatic rings. The summed E-state index contributed by atoms with van der Waals surface area (Å²) in [5, 5.41) is 10.7. The highest BCUT2D eigenvalue weighted by atomic mass is 19.3. The predicted octanol–water partition coefficient (Wildman–Crippen LogP) is 3.30. The number of benzene rings is 1. The van der Waals surface area contributed by atoms with Gasteiger partial charge in [-0.3, -0.25) is 14.9 Å². The maximum absolute atomic E-state index is 12.7. The second-order valence-corrected chi connectivity index (χ2v) is 3.54. The molecule has 0 aromatic heterocycles. The van der Waals surface area contributed by atoms with Crippen LogP contribution in [0.15, 0.2) is 12.1 Å². The first-order chi connectivity index (χ1) is 7.88. The molecule has 0 atom stereocenters. The van der Waals surface area contributed by atoms with E-state index in [1.807, 2.05) is 0 Å². The molecule has 4 nitrogen and oxygen atoms in total. The lowest BCUT2D eigenvalue weighted by atomic mass is 9.98. The van der Waals surface area contributed by atoms with Crippen LogP contribution in [0.1, 0.15) is 41.8 Å². The van der Waals surface area contributed by atoms with Crippen molar-refractivity contribution in [1.82, 2.24) is 0 Å². The fraction of sp³-hybridized carbons (Fsp3) is 0.364. The van der Waals surface area contributed by atoms with E-state index in [4.69, 9.17) is 0 Å². The summed E-state index contributed by atoms with van der Waals surface area (Å²) in [6.45, 7) is 2.82. The molecule has 0 radical (unpaired) electrons. The Bertz CT molecular complexity index is 472. The zero-order chi connectivity index (χ0) is 13.2. The average Bonchev–Trinajstić information content (AvgIpc) is 2.26. The molecule has 0 fully saturated rings. The third-order valence-corrected chi connectivity index (χ3v) is 2.45. The molecule has 0 bridgehead atoms. The molecule has 0 aliphatic heterocycles. The van der Waals surface area contributed by atoms with Crippen LogP contribution in [-0.2, 0) is 6.42 Å². The molecule has 0 aliphatic rings. The lowest BCUT2D eigenvalue weighted by Gasteiger charge is -2.09. The van der Waals surface area contributed by atoms with Crippen molar-refractivity contribution in [2.45, 2.75) is 26.7 Å². The largest absolute Gasteiger partial charge is 0.294 e. The van der Waals surface area contributed by atoms with Crippen molar-refractivity contribution >= 4 is 11.5 Å². The smallest absolute Gasteiger partial charge is 0.280 e. The normalized spacial score (nSPS) is 10.6. The summed E-state index contributed by atoms with van der Waals surface area (Å²) in [5.41, 5.74) is -0.818. The molecule has 0 amide bonds. The maximum Gasteiger partial charge on any atom is 0.280 e. The zero-order valence-corrected chi connectivity index (χ0v) is 9.37. The Labute approximate surface area is 96.4 Å². The lowest BCUT2D eigenvalue weighted by Crippen LogP contribution is -2.04. The first-order valence-electron chi connectivity index (χ1n) is 4.98. The van der Waals surface area contributed by atoms with Crippen LogP contribution in [-0.4, -0.2) is 10.7 Å². The molecule has 1 rings (SSSR count). The van der Waals surface area contributed by atoms with Gasteiger partial charge in [-0.1, -0.05) is 6.92 Å². The molecular formula is C11H11F2NO3. The standard InChI is InChI=1S/C11H11F2NO3/c1-3-7-4-8(6(2)15)10(14(16)17)5-9(7)11(12)13/h4-5,11H,3H2,1-2H3. The fourth-order valence-electron chi connectivity index (χ4n) is 1.59. The Morgan fingerprint density at radius 3 is 2.41 bits per heavy atom. The summed E-state index contributed by atoms with van der Waals surface area (Å²) >= 11 is 0. The summed E-state index contributed by atoms with van der Waals surface area (Å²) in [6.07, 6.45) is -2.50. The lowest BCUT2D eigenvalue weighted by molar-refractivity contribution is -0.385. The van der Waals surface area contributed by atoms with E-state index < -0.39 is 22.8 Å². The number of nitro groups is 1. The Balaban J connectivity index is 3.53. The van der Waals surface area contributed by atoms with Gasteiger partial charge >= 0.3 is 0 Å². The van der Waals surface area contributed by atoms with E-state index in [9.17, 15) is 23.7 Å². The molecule has 0 unspecified atom stereocenters. The van der Waals surface area contributed by atoms with E-state index in [0.717, 1.165) is 6.07 Å². The maximum atomic E-state index is 12.7. The van der Waals surface area contributed by atoms with Crippen molar-refractivity contribution in [3.8, 4) is 0 Å². The number of alkyl halides is 2. The summed E-state index contributed by atoms with van der Waals surface area (Å²) in [7, 11) is 0. The molecule has 0 N–H and O–H groups in total. The minimum absolute atomic E-state index is 0.128. The van der Waals surface area contributed by atoms with Gasteiger partial charge in [-0.15, -0.1) is 0 Å². The van der Waals surface area contributed by atoms with Crippen LogP contribution in [0.25, 0.3) is 0 Å². The van der Waals surface area contributed by atoms with Crippen molar-refractivity contribution in [2.75, 3.05) is 0 Å². The number of aryl methyl sites for hydroxylation is 1. The van der Waals surface area contributed by atoms with E-state index in [1.165, 1.54) is 13.0 Å². The van der Waals surface area contributed by atoms with Crippen LogP contribution in [0.2, 0.25) is 0 Å². The minimum Gasteiger partial charge on any atom is -0.294 e. The molecule has 0 spiro atoms. The van der Waals surface area contributed by atoms with Gasteiger partial charge in [0.1, 0.15) is 0 Å². The van der Waals surface area contributed by atoms with E-state index >= 15 is 0 Å². The third-order valence-electron chi connectivity index (χ3n) is 2.45. The number of rotatable bonds is 4. The van der Waals surface area contributed by atoms with Crippen LogP contribution in [0.4, 0.5) is 14.5 Å². The van der Waals surface area contributed by atoms with E-state index in [2.05, 4.69) is 0 Å². The van der Waals surface area contributed by atoms with Gasteiger partial charge in [-0.2, -0.15) is 0 Å². The van der Waals surface area contributed by atoms with Crippen molar-refractivity contribution in [3.05, 3.63) is 38.9 Å². The van der Waals surface area contributed by atoms with Crippen molar-refractivity contribution in [3.63, 3.8) is 0 Å². The topological polar surface area (TPSA) is 60.2 Å². The number of halogens is 2. The monoisotopic (exact) mass is 243 g/mol. The summed E-state index contributed by atoms with van der Waals surface area (Å²) in [5.74, 6) is -0.507. The molecular weight excluding hydrogens is 232 g/mol. The van der Waals surface area contributed by atoms with E-state index in [0.29, 0.717) is 0 Å². The number of ketones is 1. The Hall–Kier alpha value is -1.85. The Kier molecular flexibility index (Phi) is 3.88. The zero-order valence-electron chi connectivity index (χ0n) is 9.37. The van der Waals surface area contributed by atoms with Crippen LogP contribution in [0.3, 0.4) is 0 Å². The first-order valence-corrected chi connectivity index (χ1v) is 4.98. The Morgan fingerprint density at radius 1 is 1.47 bits per heavy atom. The summed E-state index contributed by atoms with van der Waals surface area (Å²) < 4.78 is 25.4. The highest BCUT2D eigenvalue weighted by Crippen LogP contribution is 2.30.